The van der Waals surface area contributed by atoms with E-state index in [2.05, 4.69) is 10.2 Å². The number of benzene rings is 2. The highest BCUT2D eigenvalue weighted by molar-refractivity contribution is 6.05. The normalized spacial score (nSPS) is 23.5. The molecule has 8 nitrogen and oxygen atoms in total. The van der Waals surface area contributed by atoms with Crippen molar-refractivity contribution in [3.63, 3.8) is 0 Å². The van der Waals surface area contributed by atoms with Gasteiger partial charge in [0.1, 0.15) is 24.2 Å². The third-order valence-corrected chi connectivity index (χ3v) is 6.32. The van der Waals surface area contributed by atoms with E-state index in [-0.39, 0.29) is 37.3 Å². The lowest BCUT2D eigenvalue weighted by molar-refractivity contribution is -0.136. The molecule has 2 saturated heterocycles. The van der Waals surface area contributed by atoms with E-state index < -0.39 is 29.6 Å². The van der Waals surface area contributed by atoms with E-state index in [1.54, 1.807) is 0 Å². The molecule has 2 aromatic rings. The summed E-state index contributed by atoms with van der Waals surface area (Å²) >= 11 is 0. The average Bonchev–Trinajstić information content (AvgIpc) is 3.19. The minimum absolute atomic E-state index is 0.0470. The van der Waals surface area contributed by atoms with Crippen LogP contribution < -0.4 is 10.1 Å². The van der Waals surface area contributed by atoms with E-state index in [1.165, 1.54) is 11.6 Å². The van der Waals surface area contributed by atoms with Gasteiger partial charge in [0, 0.05) is 37.7 Å². The molecule has 2 fully saturated rings. The van der Waals surface area contributed by atoms with Crippen molar-refractivity contribution in [3.05, 3.63) is 64.5 Å². The molecule has 0 unspecified atom stereocenters. The number of morpholine rings is 1. The van der Waals surface area contributed by atoms with Crippen molar-refractivity contribution in [2.45, 2.75) is 38.6 Å². The van der Waals surface area contributed by atoms with E-state index >= 15 is 0 Å². The zero-order valence-electron chi connectivity index (χ0n) is 19.6. The first kappa shape index (κ1) is 21.2. The fourth-order valence-electron chi connectivity index (χ4n) is 4.47. The van der Waals surface area contributed by atoms with Gasteiger partial charge in [-0.3, -0.25) is 24.6 Å². The smallest absolute Gasteiger partial charge is 0.255 e. The van der Waals surface area contributed by atoms with Crippen molar-refractivity contribution in [2.24, 2.45) is 0 Å². The van der Waals surface area contributed by atoms with Gasteiger partial charge in [-0.1, -0.05) is 24.3 Å². The second-order valence-corrected chi connectivity index (χ2v) is 8.64. The molecular weight excluding hydrogens is 441 g/mol. The van der Waals surface area contributed by atoms with Crippen LogP contribution in [-0.2, 0) is 34.0 Å². The molecule has 5 rings (SSSR count). The zero-order chi connectivity index (χ0) is 24.6. The summed E-state index contributed by atoms with van der Waals surface area (Å²) in [6.07, 6.45) is -0.165. The van der Waals surface area contributed by atoms with E-state index in [0.717, 1.165) is 49.4 Å². The predicted molar refractivity (Wildman–Crippen MR) is 119 cm³/mol. The summed E-state index contributed by atoms with van der Waals surface area (Å²) in [5.74, 6) is -2.40. The molecule has 3 amide bonds. The first-order valence-corrected chi connectivity index (χ1v) is 11.3. The lowest BCUT2D eigenvalue weighted by atomic mass is 10.0. The molecule has 2 aromatic carbocycles. The predicted octanol–water partition coefficient (Wildman–Crippen LogP) is 2.00. The first-order valence-electron chi connectivity index (χ1n) is 11.8. The number of imide groups is 1. The summed E-state index contributed by atoms with van der Waals surface area (Å²) in [6.45, 7) is 4.23. The van der Waals surface area contributed by atoms with Crippen molar-refractivity contribution < 1.29 is 29.6 Å². The number of halogens is 1. The van der Waals surface area contributed by atoms with Gasteiger partial charge in [-0.25, -0.2) is 4.39 Å². The Bertz CT molecular complexity index is 1170. The van der Waals surface area contributed by atoms with E-state index in [1.807, 2.05) is 24.3 Å². The average molecular weight is 469 g/mol. The summed E-state index contributed by atoms with van der Waals surface area (Å²) in [4.78, 5) is 40.3. The highest BCUT2D eigenvalue weighted by Crippen LogP contribution is 2.35. The van der Waals surface area contributed by atoms with Crippen molar-refractivity contribution in [2.75, 3.05) is 26.3 Å². The molecule has 0 aliphatic carbocycles. The number of nitrogens with one attached hydrogen (secondary N) is 1. The van der Waals surface area contributed by atoms with Gasteiger partial charge in [-0.05, 0) is 23.6 Å². The molecule has 3 heterocycles. The van der Waals surface area contributed by atoms with Crippen molar-refractivity contribution in [1.29, 1.82) is 0 Å². The number of piperidine rings is 1. The zero-order valence-corrected chi connectivity index (χ0v) is 18.6. The van der Waals surface area contributed by atoms with Crippen molar-refractivity contribution >= 4 is 17.7 Å². The monoisotopic (exact) mass is 468 g/mol. The summed E-state index contributed by atoms with van der Waals surface area (Å²) in [7, 11) is 0. The molecule has 9 heteroatoms. The maximum absolute atomic E-state index is 14.4. The highest BCUT2D eigenvalue weighted by Gasteiger charge is 2.40. The van der Waals surface area contributed by atoms with Crippen LogP contribution >= 0.6 is 0 Å². The Morgan fingerprint density at radius 2 is 1.85 bits per heavy atom. The standard InChI is InChI=1S/C25H26FN3O5/c26-18-11-19-20(14-29(25(19)32)21-5-6-23(30)27-24(21)31)22(12-18)34-15-17-3-1-16(2-4-17)13-28-7-9-33-10-8-28/h1-4,11-12,21H,5-10,13-15H2,(H,27,30,31)/t21-/m0/s1/i21D. The summed E-state index contributed by atoms with van der Waals surface area (Å²) < 4.78 is 34.2. The molecule has 0 radical (unpaired) electrons. The molecule has 3 aliphatic rings. The largest absolute Gasteiger partial charge is 0.488 e. The minimum atomic E-state index is -1.94. The van der Waals surface area contributed by atoms with Gasteiger partial charge in [-0.15, -0.1) is 0 Å². The van der Waals surface area contributed by atoms with Crippen LogP contribution in [-0.4, -0.2) is 59.8 Å². The van der Waals surface area contributed by atoms with Crippen LogP contribution in [0.2, 0.25) is 0 Å². The number of rotatable bonds is 6. The SMILES string of the molecule is [2H][C@]1(N2Cc3c(OCc4ccc(CN5CCOCC5)cc4)cc(F)cc3C2=O)CCC(=O)NC1=O. The highest BCUT2D eigenvalue weighted by atomic mass is 19.1. The van der Waals surface area contributed by atoms with Crippen LogP contribution in [0.4, 0.5) is 4.39 Å². The van der Waals surface area contributed by atoms with Gasteiger partial charge < -0.3 is 14.4 Å². The van der Waals surface area contributed by atoms with Gasteiger partial charge in [0.15, 0.2) is 0 Å². The number of hydrogen-bond acceptors (Lipinski definition) is 6. The Morgan fingerprint density at radius 1 is 1.12 bits per heavy atom. The Morgan fingerprint density at radius 3 is 2.59 bits per heavy atom. The fourth-order valence-corrected chi connectivity index (χ4v) is 4.47. The van der Waals surface area contributed by atoms with Crippen LogP contribution in [0, 0.1) is 5.82 Å². The molecule has 0 bridgehead atoms. The number of carbonyl (C=O) groups excluding carboxylic acids is 3. The number of amides is 3. The summed E-state index contributed by atoms with van der Waals surface area (Å²) in [5.41, 5.74) is 2.56. The van der Waals surface area contributed by atoms with Crippen molar-refractivity contribution in [1.82, 2.24) is 15.1 Å². The van der Waals surface area contributed by atoms with Crippen LogP contribution in [0.3, 0.4) is 0 Å². The number of ether oxygens (including phenoxy) is 2. The van der Waals surface area contributed by atoms with Crippen LogP contribution in [0.5, 0.6) is 5.75 Å². The number of carbonyl (C=O) groups is 3. The molecule has 0 aromatic heterocycles. The molecule has 0 saturated carbocycles. The van der Waals surface area contributed by atoms with Crippen molar-refractivity contribution in [3.8, 4) is 5.75 Å². The Hall–Kier alpha value is -3.30. The number of fused-ring (bicyclic) bond motifs is 1. The Kier molecular flexibility index (Phi) is 5.95. The number of hydrogen-bond donors (Lipinski definition) is 1. The molecule has 0 spiro atoms. The van der Waals surface area contributed by atoms with Gasteiger partial charge in [-0.2, -0.15) is 0 Å². The number of nitrogens with zero attached hydrogens (tertiary/aromatic N) is 2. The molecular formula is C25H26FN3O5. The molecule has 1 N–H and O–H groups in total. The maximum atomic E-state index is 14.4. The van der Waals surface area contributed by atoms with Crippen LogP contribution in [0.15, 0.2) is 36.4 Å². The van der Waals surface area contributed by atoms with Gasteiger partial charge >= 0.3 is 0 Å². The van der Waals surface area contributed by atoms with E-state index in [4.69, 9.17) is 10.8 Å². The lowest BCUT2D eigenvalue weighted by Crippen LogP contribution is -2.52. The topological polar surface area (TPSA) is 88.2 Å². The molecule has 178 valence electrons. The second-order valence-electron chi connectivity index (χ2n) is 8.64. The summed E-state index contributed by atoms with van der Waals surface area (Å²) in [6, 6.07) is 8.34. The third kappa shape index (κ3) is 4.67. The van der Waals surface area contributed by atoms with Gasteiger partial charge in [0.05, 0.1) is 26.7 Å². The Balaban J connectivity index is 1.29. The molecule has 1 atom stereocenters. The van der Waals surface area contributed by atoms with Gasteiger partial charge in [0.2, 0.25) is 11.8 Å². The van der Waals surface area contributed by atoms with Crippen LogP contribution in [0.1, 0.15) is 41.3 Å². The second kappa shape index (κ2) is 9.52. The van der Waals surface area contributed by atoms with E-state index in [0.29, 0.717) is 5.56 Å². The van der Waals surface area contributed by atoms with E-state index in [9.17, 15) is 18.8 Å². The minimum Gasteiger partial charge on any atom is -0.488 e. The Labute approximate surface area is 198 Å². The molecule has 3 aliphatic heterocycles. The first-order chi connectivity index (χ1) is 16.8. The fraction of sp³-hybridized carbons (Fsp3) is 0.400. The quantitative estimate of drug-likeness (QED) is 0.653. The lowest BCUT2D eigenvalue weighted by Gasteiger charge is -2.29. The maximum Gasteiger partial charge on any atom is 0.255 e. The third-order valence-electron chi connectivity index (χ3n) is 6.32. The van der Waals surface area contributed by atoms with Crippen LogP contribution in [0.25, 0.3) is 0 Å². The molecule has 34 heavy (non-hydrogen) atoms. The summed E-state index contributed by atoms with van der Waals surface area (Å²) in [5, 5.41) is 2.12. The van der Waals surface area contributed by atoms with Gasteiger partial charge in [0.25, 0.3) is 5.91 Å².